The van der Waals surface area contributed by atoms with Gasteiger partial charge in [-0.25, -0.2) is 9.37 Å². The van der Waals surface area contributed by atoms with E-state index in [2.05, 4.69) is 4.98 Å². The van der Waals surface area contributed by atoms with Crippen molar-refractivity contribution in [1.82, 2.24) is 4.98 Å². The number of fused-ring (bicyclic) bond motifs is 1. The molecule has 0 bridgehead atoms. The normalized spacial score (nSPS) is 11.3. The molecular weight excluding hydrogens is 289 g/mol. The van der Waals surface area contributed by atoms with E-state index >= 15 is 0 Å². The Morgan fingerprint density at radius 3 is 2.62 bits per heavy atom. The van der Waals surface area contributed by atoms with Crippen molar-refractivity contribution in [3.63, 3.8) is 0 Å². The molecule has 0 atom stereocenters. The molecule has 0 fully saturated rings. The van der Waals surface area contributed by atoms with E-state index < -0.39 is 0 Å². The van der Waals surface area contributed by atoms with Crippen molar-refractivity contribution in [2.45, 2.75) is 0 Å². The molecule has 0 amide bonds. The first-order valence-corrected chi connectivity index (χ1v) is 6.74. The summed E-state index contributed by atoms with van der Waals surface area (Å²) in [6, 6.07) is 13.4. The molecule has 0 aliphatic carbocycles. The molecule has 0 aliphatic heterocycles. The summed E-state index contributed by atoms with van der Waals surface area (Å²) in [5.41, 5.74) is 1.45. The van der Waals surface area contributed by atoms with Crippen LogP contribution in [0.25, 0.3) is 23.1 Å². The van der Waals surface area contributed by atoms with Crippen LogP contribution in [-0.2, 0) is 0 Å². The number of benzene rings is 2. The molecule has 1 heterocycles. The lowest BCUT2D eigenvalue weighted by molar-refractivity contribution is 0.480. The van der Waals surface area contributed by atoms with Crippen LogP contribution in [0, 0.1) is 5.82 Å². The molecule has 104 valence electrons. The van der Waals surface area contributed by atoms with Crippen LogP contribution in [0.5, 0.6) is 5.75 Å². The molecule has 3 rings (SSSR count). The maximum absolute atomic E-state index is 13.7. The first-order valence-electron chi connectivity index (χ1n) is 6.36. The van der Waals surface area contributed by atoms with Gasteiger partial charge in [-0.15, -0.1) is 0 Å². The zero-order valence-electron chi connectivity index (χ0n) is 10.9. The molecule has 2 nitrogen and oxygen atoms in total. The third kappa shape index (κ3) is 2.73. The first-order chi connectivity index (χ1) is 10.1. The molecular formula is C17H11ClFNO. The van der Waals surface area contributed by atoms with Crippen molar-refractivity contribution in [1.29, 1.82) is 0 Å². The van der Waals surface area contributed by atoms with Gasteiger partial charge >= 0.3 is 0 Å². The molecule has 0 radical (unpaired) electrons. The van der Waals surface area contributed by atoms with E-state index in [0.717, 1.165) is 5.39 Å². The Morgan fingerprint density at radius 2 is 1.81 bits per heavy atom. The number of phenols is 1. The lowest BCUT2D eigenvalue weighted by Crippen LogP contribution is -1.85. The molecule has 0 saturated carbocycles. The van der Waals surface area contributed by atoms with E-state index in [9.17, 15) is 9.50 Å². The predicted molar refractivity (Wildman–Crippen MR) is 83.7 cm³/mol. The van der Waals surface area contributed by atoms with Crippen LogP contribution in [-0.4, -0.2) is 10.1 Å². The Labute approximate surface area is 126 Å². The fourth-order valence-corrected chi connectivity index (χ4v) is 2.30. The summed E-state index contributed by atoms with van der Waals surface area (Å²) in [6.07, 6.45) is 3.24. The fraction of sp³-hybridized carbons (Fsp3) is 0. The topological polar surface area (TPSA) is 33.1 Å². The first kappa shape index (κ1) is 13.6. The number of pyridine rings is 1. The van der Waals surface area contributed by atoms with Crippen LogP contribution in [0.1, 0.15) is 11.3 Å². The quantitative estimate of drug-likeness (QED) is 0.730. The molecule has 1 N–H and O–H groups in total. The van der Waals surface area contributed by atoms with E-state index in [0.29, 0.717) is 21.8 Å². The number of nitrogens with zero attached hydrogens (tertiary/aromatic N) is 1. The maximum Gasteiger partial charge on any atom is 0.141 e. The monoisotopic (exact) mass is 299 g/mol. The van der Waals surface area contributed by atoms with Crippen LogP contribution in [0.2, 0.25) is 5.02 Å². The third-order valence-electron chi connectivity index (χ3n) is 3.14. The van der Waals surface area contributed by atoms with E-state index in [-0.39, 0.29) is 11.6 Å². The van der Waals surface area contributed by atoms with Gasteiger partial charge in [-0.2, -0.15) is 0 Å². The summed E-state index contributed by atoms with van der Waals surface area (Å²) in [7, 11) is 0. The molecule has 3 aromatic rings. The highest BCUT2D eigenvalue weighted by Crippen LogP contribution is 2.24. The SMILES string of the molecule is Oc1cccc2ccc(C=Cc3c(F)cccc3Cl)nc12. The minimum Gasteiger partial charge on any atom is -0.506 e. The van der Waals surface area contributed by atoms with Crippen molar-refractivity contribution in [3.05, 3.63) is 70.6 Å². The van der Waals surface area contributed by atoms with Gasteiger partial charge in [0.1, 0.15) is 17.1 Å². The molecule has 1 aromatic heterocycles. The lowest BCUT2D eigenvalue weighted by atomic mass is 10.1. The van der Waals surface area contributed by atoms with Gasteiger partial charge in [-0.1, -0.05) is 35.9 Å². The second kappa shape index (κ2) is 5.54. The van der Waals surface area contributed by atoms with E-state index in [1.165, 1.54) is 6.07 Å². The Hall–Kier alpha value is -2.39. The summed E-state index contributed by atoms with van der Waals surface area (Å²) in [4.78, 5) is 4.35. The highest BCUT2D eigenvalue weighted by Gasteiger charge is 2.04. The maximum atomic E-state index is 13.7. The third-order valence-corrected chi connectivity index (χ3v) is 3.47. The average molecular weight is 300 g/mol. The molecule has 0 unspecified atom stereocenters. The van der Waals surface area contributed by atoms with Crippen LogP contribution in [0.3, 0.4) is 0 Å². The number of para-hydroxylation sites is 1. The predicted octanol–water partition coefficient (Wildman–Crippen LogP) is 4.90. The Morgan fingerprint density at radius 1 is 1.00 bits per heavy atom. The van der Waals surface area contributed by atoms with Gasteiger partial charge in [-0.3, -0.25) is 0 Å². The molecule has 0 spiro atoms. The van der Waals surface area contributed by atoms with Crippen LogP contribution < -0.4 is 0 Å². The van der Waals surface area contributed by atoms with E-state index in [1.54, 1.807) is 42.5 Å². The smallest absolute Gasteiger partial charge is 0.141 e. The van der Waals surface area contributed by atoms with Crippen molar-refractivity contribution >= 4 is 34.7 Å². The zero-order chi connectivity index (χ0) is 14.8. The van der Waals surface area contributed by atoms with Crippen molar-refractivity contribution in [3.8, 4) is 5.75 Å². The second-order valence-electron chi connectivity index (χ2n) is 4.55. The van der Waals surface area contributed by atoms with E-state index in [4.69, 9.17) is 11.6 Å². The molecule has 2 aromatic carbocycles. The Balaban J connectivity index is 2.02. The van der Waals surface area contributed by atoms with Gasteiger partial charge < -0.3 is 5.11 Å². The van der Waals surface area contributed by atoms with E-state index in [1.807, 2.05) is 12.1 Å². The zero-order valence-corrected chi connectivity index (χ0v) is 11.7. The summed E-state index contributed by atoms with van der Waals surface area (Å²) in [5.74, 6) is -0.269. The highest BCUT2D eigenvalue weighted by atomic mass is 35.5. The second-order valence-corrected chi connectivity index (χ2v) is 4.96. The molecule has 0 aliphatic rings. The number of rotatable bonds is 2. The van der Waals surface area contributed by atoms with Gasteiger partial charge in [-0.05, 0) is 36.4 Å². The summed E-state index contributed by atoms with van der Waals surface area (Å²) >= 11 is 5.96. The number of aromatic hydroxyl groups is 1. The number of halogens is 2. The number of phenolic OH excluding ortho intramolecular Hbond substituents is 1. The van der Waals surface area contributed by atoms with Gasteiger partial charge in [0.15, 0.2) is 0 Å². The van der Waals surface area contributed by atoms with Crippen molar-refractivity contribution < 1.29 is 9.50 Å². The minimum atomic E-state index is -0.387. The molecule has 0 saturated heterocycles. The molecule has 21 heavy (non-hydrogen) atoms. The van der Waals surface area contributed by atoms with Gasteiger partial charge in [0, 0.05) is 10.9 Å². The number of aromatic nitrogens is 1. The molecule has 4 heteroatoms. The summed E-state index contributed by atoms with van der Waals surface area (Å²) in [5, 5.41) is 11.0. The summed E-state index contributed by atoms with van der Waals surface area (Å²) < 4.78 is 13.7. The standard InChI is InChI=1S/C17H11ClFNO/c18-14-4-2-5-15(19)13(14)10-9-12-8-7-11-3-1-6-16(21)17(11)20-12/h1-10,21H. The number of hydrogen-bond acceptors (Lipinski definition) is 2. The fourth-order valence-electron chi connectivity index (χ4n) is 2.08. The average Bonchev–Trinajstić information content (AvgIpc) is 2.47. The van der Waals surface area contributed by atoms with Crippen LogP contribution in [0.15, 0.2) is 48.5 Å². The van der Waals surface area contributed by atoms with Gasteiger partial charge in [0.05, 0.1) is 10.7 Å². The number of hydrogen-bond donors (Lipinski definition) is 1. The summed E-state index contributed by atoms with van der Waals surface area (Å²) in [6.45, 7) is 0. The Bertz CT molecular complexity index is 825. The van der Waals surface area contributed by atoms with Crippen LogP contribution in [0.4, 0.5) is 4.39 Å². The van der Waals surface area contributed by atoms with Crippen molar-refractivity contribution in [2.75, 3.05) is 0 Å². The van der Waals surface area contributed by atoms with Gasteiger partial charge in [0.2, 0.25) is 0 Å². The minimum absolute atomic E-state index is 0.117. The van der Waals surface area contributed by atoms with Gasteiger partial charge in [0.25, 0.3) is 0 Å². The Kier molecular flexibility index (Phi) is 3.59. The van der Waals surface area contributed by atoms with Crippen molar-refractivity contribution in [2.24, 2.45) is 0 Å². The lowest BCUT2D eigenvalue weighted by Gasteiger charge is -2.02. The largest absolute Gasteiger partial charge is 0.506 e. The van der Waals surface area contributed by atoms with Crippen LogP contribution >= 0.6 is 11.6 Å². The highest BCUT2D eigenvalue weighted by molar-refractivity contribution is 6.32.